The van der Waals surface area contributed by atoms with Crippen molar-refractivity contribution in [1.82, 2.24) is 4.90 Å². The molecule has 2 unspecified atom stereocenters. The fraction of sp³-hybridized carbons (Fsp3) is 0.538. The van der Waals surface area contributed by atoms with Gasteiger partial charge in [-0.2, -0.15) is 0 Å². The fourth-order valence-corrected chi connectivity index (χ4v) is 1.95. The highest BCUT2D eigenvalue weighted by atomic mass is 16.5. The number of nitrogens with two attached hydrogens (primary N) is 1. The summed E-state index contributed by atoms with van der Waals surface area (Å²) in [6.07, 6.45) is -0.484. The number of aliphatic hydroxyl groups excluding tert-OH is 1. The number of hydrogen-bond acceptors (Lipinski definition) is 4. The minimum atomic E-state index is -0.484. The van der Waals surface area contributed by atoms with E-state index >= 15 is 0 Å². The SMILES string of the molecule is COCC(O)CN(C)C(CN)c1ccccc1. The van der Waals surface area contributed by atoms with Gasteiger partial charge in [-0.1, -0.05) is 30.3 Å². The molecule has 0 aliphatic heterocycles. The Labute approximate surface area is 103 Å². The number of aliphatic hydroxyl groups is 1. The number of methoxy groups -OCH3 is 1. The van der Waals surface area contributed by atoms with Crippen LogP contribution in [0.1, 0.15) is 11.6 Å². The van der Waals surface area contributed by atoms with Crippen molar-refractivity contribution in [2.75, 3.05) is 33.9 Å². The summed E-state index contributed by atoms with van der Waals surface area (Å²) < 4.78 is 4.92. The van der Waals surface area contributed by atoms with Gasteiger partial charge in [0, 0.05) is 26.2 Å². The summed E-state index contributed by atoms with van der Waals surface area (Å²) in [6.45, 7) is 1.42. The van der Waals surface area contributed by atoms with Crippen molar-refractivity contribution in [3.63, 3.8) is 0 Å². The Kier molecular flexibility index (Phi) is 6.15. The van der Waals surface area contributed by atoms with Crippen molar-refractivity contribution in [3.8, 4) is 0 Å². The fourth-order valence-electron chi connectivity index (χ4n) is 1.95. The third-order valence-corrected chi connectivity index (χ3v) is 2.80. The van der Waals surface area contributed by atoms with Gasteiger partial charge >= 0.3 is 0 Å². The third-order valence-electron chi connectivity index (χ3n) is 2.80. The lowest BCUT2D eigenvalue weighted by Crippen LogP contribution is -2.37. The largest absolute Gasteiger partial charge is 0.389 e. The van der Waals surface area contributed by atoms with Crippen LogP contribution < -0.4 is 5.73 Å². The zero-order valence-corrected chi connectivity index (χ0v) is 10.5. The molecule has 0 bridgehead atoms. The Morgan fingerprint density at radius 2 is 2.00 bits per heavy atom. The molecule has 1 rings (SSSR count). The van der Waals surface area contributed by atoms with Gasteiger partial charge < -0.3 is 15.6 Å². The van der Waals surface area contributed by atoms with Gasteiger partial charge in [0.2, 0.25) is 0 Å². The van der Waals surface area contributed by atoms with Crippen molar-refractivity contribution in [1.29, 1.82) is 0 Å². The van der Waals surface area contributed by atoms with E-state index < -0.39 is 6.10 Å². The van der Waals surface area contributed by atoms with E-state index in [9.17, 15) is 5.11 Å². The molecular formula is C13H22N2O2. The second kappa shape index (κ2) is 7.40. The van der Waals surface area contributed by atoms with Gasteiger partial charge in [0.05, 0.1) is 12.7 Å². The Bertz CT molecular complexity index is 306. The Balaban J connectivity index is 2.61. The predicted molar refractivity (Wildman–Crippen MR) is 68.8 cm³/mol. The lowest BCUT2D eigenvalue weighted by molar-refractivity contribution is 0.0348. The lowest BCUT2D eigenvalue weighted by atomic mass is 10.1. The maximum atomic E-state index is 9.70. The molecule has 17 heavy (non-hydrogen) atoms. The molecule has 0 heterocycles. The van der Waals surface area contributed by atoms with Gasteiger partial charge in [0.1, 0.15) is 0 Å². The highest BCUT2D eigenvalue weighted by Gasteiger charge is 2.17. The number of ether oxygens (including phenoxy) is 1. The van der Waals surface area contributed by atoms with Crippen molar-refractivity contribution < 1.29 is 9.84 Å². The van der Waals surface area contributed by atoms with Crippen LogP contribution >= 0.6 is 0 Å². The molecule has 0 radical (unpaired) electrons. The van der Waals surface area contributed by atoms with Crippen LogP contribution in [0.3, 0.4) is 0 Å². The van der Waals surface area contributed by atoms with Gasteiger partial charge in [-0.15, -0.1) is 0 Å². The third kappa shape index (κ3) is 4.44. The topological polar surface area (TPSA) is 58.7 Å². The van der Waals surface area contributed by atoms with Gasteiger partial charge in [0.15, 0.2) is 0 Å². The minimum Gasteiger partial charge on any atom is -0.389 e. The summed E-state index contributed by atoms with van der Waals surface area (Å²) in [5, 5.41) is 9.70. The van der Waals surface area contributed by atoms with E-state index in [1.54, 1.807) is 7.11 Å². The monoisotopic (exact) mass is 238 g/mol. The first-order valence-electron chi connectivity index (χ1n) is 5.81. The first-order valence-corrected chi connectivity index (χ1v) is 5.81. The van der Waals surface area contributed by atoms with Crippen LogP contribution in [-0.2, 0) is 4.74 Å². The molecular weight excluding hydrogens is 216 g/mol. The zero-order chi connectivity index (χ0) is 12.7. The van der Waals surface area contributed by atoms with E-state index in [0.29, 0.717) is 19.7 Å². The van der Waals surface area contributed by atoms with E-state index in [0.717, 1.165) is 0 Å². The maximum absolute atomic E-state index is 9.70. The zero-order valence-electron chi connectivity index (χ0n) is 10.5. The standard InChI is InChI=1S/C13H22N2O2/c1-15(9-12(16)10-17-2)13(8-14)11-6-4-3-5-7-11/h3-7,12-13,16H,8-10,14H2,1-2H3. The second-order valence-corrected chi connectivity index (χ2v) is 4.21. The molecule has 0 aromatic heterocycles. The molecule has 0 aliphatic rings. The van der Waals surface area contributed by atoms with Crippen LogP contribution in [0.2, 0.25) is 0 Å². The number of rotatable bonds is 7. The molecule has 0 fully saturated rings. The molecule has 3 N–H and O–H groups in total. The van der Waals surface area contributed by atoms with Crippen LogP contribution in [-0.4, -0.2) is 50.0 Å². The molecule has 4 heteroatoms. The summed E-state index contributed by atoms with van der Waals surface area (Å²) in [5.74, 6) is 0. The molecule has 0 aliphatic carbocycles. The number of benzene rings is 1. The maximum Gasteiger partial charge on any atom is 0.0900 e. The molecule has 0 amide bonds. The molecule has 0 saturated heterocycles. The summed E-state index contributed by atoms with van der Waals surface area (Å²) in [4.78, 5) is 2.05. The highest BCUT2D eigenvalue weighted by molar-refractivity contribution is 5.19. The summed E-state index contributed by atoms with van der Waals surface area (Å²) >= 11 is 0. The van der Waals surface area contributed by atoms with Gasteiger partial charge in [-0.25, -0.2) is 0 Å². The first kappa shape index (κ1) is 14.1. The lowest BCUT2D eigenvalue weighted by Gasteiger charge is -2.29. The average molecular weight is 238 g/mol. The van der Waals surface area contributed by atoms with Crippen molar-refractivity contribution in [2.45, 2.75) is 12.1 Å². The van der Waals surface area contributed by atoms with Crippen molar-refractivity contribution in [2.24, 2.45) is 5.73 Å². The smallest absolute Gasteiger partial charge is 0.0900 e. The minimum absolute atomic E-state index is 0.128. The molecule has 2 atom stereocenters. The van der Waals surface area contributed by atoms with E-state index in [1.165, 1.54) is 5.56 Å². The molecule has 0 spiro atoms. The van der Waals surface area contributed by atoms with Crippen LogP contribution in [0.4, 0.5) is 0 Å². The van der Waals surface area contributed by atoms with Gasteiger partial charge in [-0.3, -0.25) is 4.90 Å². The molecule has 1 aromatic rings. The Morgan fingerprint density at radius 3 is 2.53 bits per heavy atom. The summed E-state index contributed by atoms with van der Waals surface area (Å²) in [7, 11) is 3.55. The van der Waals surface area contributed by atoms with Gasteiger partial charge in [-0.05, 0) is 12.6 Å². The predicted octanol–water partition coefficient (Wildman–Crippen LogP) is 0.626. The summed E-state index contributed by atoms with van der Waals surface area (Å²) in [5.41, 5.74) is 6.97. The van der Waals surface area contributed by atoms with Crippen molar-refractivity contribution in [3.05, 3.63) is 35.9 Å². The first-order chi connectivity index (χ1) is 8.19. The molecule has 96 valence electrons. The molecule has 0 saturated carbocycles. The highest BCUT2D eigenvalue weighted by Crippen LogP contribution is 2.17. The summed E-state index contributed by atoms with van der Waals surface area (Å²) in [6, 6.07) is 10.2. The molecule has 1 aromatic carbocycles. The normalized spacial score (nSPS) is 14.9. The van der Waals surface area contributed by atoms with E-state index in [1.807, 2.05) is 25.2 Å². The van der Waals surface area contributed by atoms with Crippen molar-refractivity contribution >= 4 is 0 Å². The van der Waals surface area contributed by atoms with Crippen LogP contribution in [0.25, 0.3) is 0 Å². The van der Waals surface area contributed by atoms with E-state index in [4.69, 9.17) is 10.5 Å². The quantitative estimate of drug-likeness (QED) is 0.731. The second-order valence-electron chi connectivity index (χ2n) is 4.21. The Hall–Kier alpha value is -0.940. The Morgan fingerprint density at radius 1 is 1.35 bits per heavy atom. The molecule has 4 nitrogen and oxygen atoms in total. The van der Waals surface area contributed by atoms with E-state index in [-0.39, 0.29) is 6.04 Å². The van der Waals surface area contributed by atoms with E-state index in [2.05, 4.69) is 17.0 Å². The number of likely N-dealkylation sites (N-methyl/N-ethyl adjacent to an activating group) is 1. The van der Waals surface area contributed by atoms with Crippen LogP contribution in [0.15, 0.2) is 30.3 Å². The van der Waals surface area contributed by atoms with Crippen LogP contribution in [0.5, 0.6) is 0 Å². The van der Waals surface area contributed by atoms with Gasteiger partial charge in [0.25, 0.3) is 0 Å². The van der Waals surface area contributed by atoms with Crippen LogP contribution in [0, 0.1) is 0 Å². The number of nitrogens with zero attached hydrogens (tertiary/aromatic N) is 1. The average Bonchev–Trinajstić information content (AvgIpc) is 2.31. The number of hydrogen-bond donors (Lipinski definition) is 2.